The van der Waals surface area contributed by atoms with Gasteiger partial charge in [-0.15, -0.1) is 5.75 Å². The van der Waals surface area contributed by atoms with Crippen molar-refractivity contribution in [1.29, 1.82) is 0 Å². The third kappa shape index (κ3) is 1.80. The third-order valence-electron chi connectivity index (χ3n) is 1.92. The second-order valence-corrected chi connectivity index (χ2v) is 2.70. The molecule has 0 fully saturated rings. The molecule has 0 bridgehead atoms. The zero-order valence-corrected chi connectivity index (χ0v) is 9.45. The predicted molar refractivity (Wildman–Crippen MR) is 47.8 cm³/mol. The molecule has 3 heteroatoms. The van der Waals surface area contributed by atoms with E-state index in [4.69, 9.17) is 5.73 Å². The van der Waals surface area contributed by atoms with Gasteiger partial charge in [0.1, 0.15) is 0 Å². The molecular weight excluding hydrogens is 173 g/mol. The van der Waals surface area contributed by atoms with Gasteiger partial charge in [0.05, 0.1) is 0 Å². The molecule has 0 radical (unpaired) electrons. The van der Waals surface area contributed by atoms with E-state index in [2.05, 4.69) is 0 Å². The summed E-state index contributed by atoms with van der Waals surface area (Å²) in [7, 11) is 0. The van der Waals surface area contributed by atoms with Crippen molar-refractivity contribution in [3.63, 3.8) is 0 Å². The summed E-state index contributed by atoms with van der Waals surface area (Å²) in [5.41, 5.74) is 6.34. The van der Waals surface area contributed by atoms with Crippen molar-refractivity contribution in [2.24, 2.45) is 0 Å². The molecule has 0 spiro atoms. The van der Waals surface area contributed by atoms with Gasteiger partial charge in [0.2, 0.25) is 0 Å². The van der Waals surface area contributed by atoms with Gasteiger partial charge in [-0.25, -0.2) is 0 Å². The molecule has 2 N–H and O–H groups in total. The molecule has 13 heavy (non-hydrogen) atoms. The van der Waals surface area contributed by atoms with E-state index in [1.165, 1.54) is 0 Å². The fourth-order valence-electron chi connectivity index (χ4n) is 1.31. The average molecular weight is 181 g/mol. The van der Waals surface area contributed by atoms with Crippen LogP contribution >= 0.6 is 0 Å². The molecular formula is C10H8NNaO. The minimum atomic E-state index is 0. The summed E-state index contributed by atoms with van der Waals surface area (Å²) in [5.74, 6) is 0.0276. The molecule has 0 unspecified atom stereocenters. The Balaban J connectivity index is 0.000000845. The molecule has 0 atom stereocenters. The van der Waals surface area contributed by atoms with E-state index in [0.29, 0.717) is 11.1 Å². The first kappa shape index (κ1) is 10.4. The Morgan fingerprint density at radius 3 is 2.23 bits per heavy atom. The summed E-state index contributed by atoms with van der Waals surface area (Å²) >= 11 is 0. The molecule has 60 valence electrons. The van der Waals surface area contributed by atoms with Gasteiger partial charge in [-0.2, -0.15) is 0 Å². The van der Waals surface area contributed by atoms with E-state index < -0.39 is 0 Å². The van der Waals surface area contributed by atoms with Gasteiger partial charge in [0.15, 0.2) is 0 Å². The Hall–Kier alpha value is -0.700. The molecule has 0 amide bonds. The van der Waals surface area contributed by atoms with Gasteiger partial charge < -0.3 is 10.8 Å². The van der Waals surface area contributed by atoms with Crippen molar-refractivity contribution in [2.75, 3.05) is 5.73 Å². The van der Waals surface area contributed by atoms with E-state index in [1.807, 2.05) is 6.07 Å². The number of nitrogen functional groups attached to an aromatic ring is 1. The molecule has 0 heterocycles. The predicted octanol–water partition coefficient (Wildman–Crippen LogP) is -1.50. The maximum absolute atomic E-state index is 11.3. The van der Waals surface area contributed by atoms with Crippen LogP contribution < -0.4 is 40.4 Å². The molecule has 2 aromatic carbocycles. The first-order valence-electron chi connectivity index (χ1n) is 3.73. The molecule has 0 aromatic heterocycles. The smallest absolute Gasteiger partial charge is 0.872 e. The summed E-state index contributed by atoms with van der Waals surface area (Å²) in [6.45, 7) is 0. The first-order chi connectivity index (χ1) is 5.79. The average Bonchev–Trinajstić information content (AvgIpc) is 2.07. The number of hydrogen-bond acceptors (Lipinski definition) is 2. The summed E-state index contributed by atoms with van der Waals surface area (Å²) in [6.07, 6.45) is 0. The van der Waals surface area contributed by atoms with Gasteiger partial charge in [0.25, 0.3) is 0 Å². The van der Waals surface area contributed by atoms with Crippen molar-refractivity contribution < 1.29 is 34.7 Å². The second-order valence-electron chi connectivity index (χ2n) is 2.70. The van der Waals surface area contributed by atoms with Crippen LogP contribution in [0.1, 0.15) is 0 Å². The second kappa shape index (κ2) is 4.01. The van der Waals surface area contributed by atoms with Crippen LogP contribution in [-0.2, 0) is 0 Å². The van der Waals surface area contributed by atoms with Crippen molar-refractivity contribution >= 4 is 16.5 Å². The van der Waals surface area contributed by atoms with Gasteiger partial charge in [0, 0.05) is 11.1 Å². The third-order valence-corrected chi connectivity index (χ3v) is 1.92. The minimum Gasteiger partial charge on any atom is -0.872 e. The van der Waals surface area contributed by atoms with Gasteiger partial charge in [-0.1, -0.05) is 30.3 Å². The van der Waals surface area contributed by atoms with Crippen molar-refractivity contribution in [3.05, 3.63) is 36.4 Å². The zero-order chi connectivity index (χ0) is 8.55. The van der Waals surface area contributed by atoms with Gasteiger partial charge in [-0.05, 0) is 11.5 Å². The Kier molecular flexibility index (Phi) is 3.20. The van der Waals surface area contributed by atoms with Crippen LogP contribution in [-0.4, -0.2) is 0 Å². The van der Waals surface area contributed by atoms with Crippen LogP contribution in [0.5, 0.6) is 5.75 Å². The van der Waals surface area contributed by atoms with Crippen LogP contribution in [0.25, 0.3) is 10.8 Å². The maximum atomic E-state index is 11.3. The fourth-order valence-corrected chi connectivity index (χ4v) is 1.31. The molecule has 0 aliphatic rings. The quantitative estimate of drug-likeness (QED) is 0.397. The van der Waals surface area contributed by atoms with E-state index in [0.717, 1.165) is 5.39 Å². The van der Waals surface area contributed by atoms with Crippen LogP contribution in [0.4, 0.5) is 5.69 Å². The van der Waals surface area contributed by atoms with Crippen molar-refractivity contribution in [3.8, 4) is 5.75 Å². The number of nitrogens with two attached hydrogens (primary N) is 1. The number of hydrogen-bond donors (Lipinski definition) is 1. The maximum Gasteiger partial charge on any atom is 1.00 e. The van der Waals surface area contributed by atoms with Crippen molar-refractivity contribution in [1.82, 2.24) is 0 Å². The van der Waals surface area contributed by atoms with Crippen LogP contribution in [0.2, 0.25) is 0 Å². The summed E-state index contributed by atoms with van der Waals surface area (Å²) < 4.78 is 0. The summed E-state index contributed by atoms with van der Waals surface area (Å²) in [4.78, 5) is 0. The summed E-state index contributed by atoms with van der Waals surface area (Å²) in [6, 6.07) is 10.5. The SMILES string of the molecule is Nc1cccc2c([O-])cccc12.[Na+]. The van der Waals surface area contributed by atoms with Crippen LogP contribution in [0.15, 0.2) is 36.4 Å². The van der Waals surface area contributed by atoms with Gasteiger partial charge >= 0.3 is 29.6 Å². The van der Waals surface area contributed by atoms with E-state index in [9.17, 15) is 5.11 Å². The van der Waals surface area contributed by atoms with E-state index in [1.54, 1.807) is 30.3 Å². The Bertz CT molecular complexity index is 387. The fraction of sp³-hybridized carbons (Fsp3) is 0. The van der Waals surface area contributed by atoms with Crippen LogP contribution in [0.3, 0.4) is 0 Å². The Labute approximate surface area is 98.7 Å². The Morgan fingerprint density at radius 2 is 1.54 bits per heavy atom. The number of benzene rings is 2. The largest absolute Gasteiger partial charge is 1.00 e. The minimum absolute atomic E-state index is 0. The zero-order valence-electron chi connectivity index (χ0n) is 7.45. The first-order valence-corrected chi connectivity index (χ1v) is 3.73. The molecule has 2 aromatic rings. The topological polar surface area (TPSA) is 49.1 Å². The number of rotatable bonds is 0. The number of fused-ring (bicyclic) bond motifs is 1. The monoisotopic (exact) mass is 181 g/mol. The Morgan fingerprint density at radius 1 is 0.923 bits per heavy atom. The van der Waals surface area contributed by atoms with E-state index in [-0.39, 0.29) is 35.3 Å². The molecule has 0 saturated carbocycles. The van der Waals surface area contributed by atoms with Crippen molar-refractivity contribution in [2.45, 2.75) is 0 Å². The molecule has 2 nitrogen and oxygen atoms in total. The molecule has 0 aliphatic carbocycles. The molecule has 0 aliphatic heterocycles. The molecule has 0 saturated heterocycles. The summed E-state index contributed by atoms with van der Waals surface area (Å²) in [5, 5.41) is 12.8. The standard InChI is InChI=1S/C10H9NO.Na/c11-9-5-1-4-8-7(9)3-2-6-10(8)12;/h1-6,12H,11H2;/q;+1/p-1. The molecule has 2 rings (SSSR count). The van der Waals surface area contributed by atoms with Gasteiger partial charge in [-0.3, -0.25) is 0 Å². The van der Waals surface area contributed by atoms with Crippen LogP contribution in [0, 0.1) is 0 Å². The van der Waals surface area contributed by atoms with E-state index >= 15 is 0 Å². The normalized spacial score (nSPS) is 9.54. The number of anilines is 1.